The molecule has 1 aromatic carbocycles. The van der Waals surface area contributed by atoms with Gasteiger partial charge in [0.05, 0.1) is 11.9 Å². The van der Waals surface area contributed by atoms with Crippen LogP contribution < -0.4 is 5.32 Å². The molecule has 0 saturated carbocycles. The third-order valence-corrected chi connectivity index (χ3v) is 5.31. The highest BCUT2D eigenvalue weighted by molar-refractivity contribution is 6.04. The number of anilines is 1. The number of hydrogen-bond donors (Lipinski definition) is 1. The summed E-state index contributed by atoms with van der Waals surface area (Å²) in [5, 5.41) is 2.64. The maximum Gasteiger partial charge on any atom is 0.410 e. The lowest BCUT2D eigenvalue weighted by Gasteiger charge is -2.34. The number of halogens is 2. The second-order valence-electron chi connectivity index (χ2n) is 9.15. The van der Waals surface area contributed by atoms with E-state index >= 15 is 0 Å². The normalized spacial score (nSPS) is 16.3. The third-order valence-electron chi connectivity index (χ3n) is 5.31. The largest absolute Gasteiger partial charge is 0.444 e. The number of aromatic nitrogens is 1. The van der Waals surface area contributed by atoms with Crippen LogP contribution >= 0.6 is 0 Å². The molecule has 0 saturated heterocycles. The Morgan fingerprint density at radius 2 is 1.94 bits per heavy atom. The topological polar surface area (TPSA) is 71.5 Å². The maximum absolute atomic E-state index is 14.0. The molecule has 2 amide bonds. The van der Waals surface area contributed by atoms with Crippen LogP contribution in [0.1, 0.15) is 74.0 Å². The minimum Gasteiger partial charge on any atom is -0.444 e. The summed E-state index contributed by atoms with van der Waals surface area (Å²) < 4.78 is 33.4. The van der Waals surface area contributed by atoms with Gasteiger partial charge in [-0.2, -0.15) is 0 Å². The van der Waals surface area contributed by atoms with Gasteiger partial charge < -0.3 is 15.0 Å². The Balaban J connectivity index is 1.79. The summed E-state index contributed by atoms with van der Waals surface area (Å²) in [5.41, 5.74) is 1.64. The molecule has 1 aliphatic heterocycles. The number of carbonyl (C=O) groups is 2. The molecule has 1 aromatic heterocycles. The van der Waals surface area contributed by atoms with E-state index in [1.54, 1.807) is 17.0 Å². The highest BCUT2D eigenvalue weighted by atomic mass is 19.3. The van der Waals surface area contributed by atoms with Gasteiger partial charge in [0.15, 0.2) is 0 Å². The van der Waals surface area contributed by atoms with Crippen LogP contribution in [0.3, 0.4) is 0 Å². The van der Waals surface area contributed by atoms with E-state index in [-0.39, 0.29) is 23.6 Å². The summed E-state index contributed by atoms with van der Waals surface area (Å²) in [4.78, 5) is 30.8. The zero-order chi connectivity index (χ0) is 23.7. The van der Waals surface area contributed by atoms with Gasteiger partial charge in [0, 0.05) is 36.8 Å². The van der Waals surface area contributed by atoms with Crippen molar-refractivity contribution in [2.24, 2.45) is 0 Å². The van der Waals surface area contributed by atoms with Crippen molar-refractivity contribution in [1.29, 1.82) is 0 Å². The SMILES string of the molecule is CCC(F)(F)c1cncc(NC(=O)c2ccc3c(c2)CN(C(=O)OC(C)(C)C)CC3C)c1. The van der Waals surface area contributed by atoms with Gasteiger partial charge in [-0.25, -0.2) is 13.6 Å². The first-order chi connectivity index (χ1) is 14.9. The molecule has 0 bridgehead atoms. The monoisotopic (exact) mass is 445 g/mol. The van der Waals surface area contributed by atoms with Crippen molar-refractivity contribution >= 4 is 17.7 Å². The molecule has 3 rings (SSSR count). The number of fused-ring (bicyclic) bond motifs is 1. The van der Waals surface area contributed by atoms with Gasteiger partial charge in [-0.3, -0.25) is 9.78 Å². The molecule has 6 nitrogen and oxygen atoms in total. The van der Waals surface area contributed by atoms with Gasteiger partial charge in [0.1, 0.15) is 5.60 Å². The second kappa shape index (κ2) is 8.84. The number of hydrogen-bond acceptors (Lipinski definition) is 4. The maximum atomic E-state index is 14.0. The molecule has 1 aliphatic rings. The van der Waals surface area contributed by atoms with Crippen LogP contribution in [0.5, 0.6) is 0 Å². The molecule has 1 N–H and O–H groups in total. The fourth-order valence-electron chi connectivity index (χ4n) is 3.65. The number of alkyl halides is 2. The first-order valence-corrected chi connectivity index (χ1v) is 10.6. The number of nitrogens with one attached hydrogen (secondary N) is 1. The van der Waals surface area contributed by atoms with Crippen molar-refractivity contribution in [1.82, 2.24) is 9.88 Å². The van der Waals surface area contributed by atoms with E-state index in [1.807, 2.05) is 33.8 Å². The van der Waals surface area contributed by atoms with Crippen LogP contribution in [0.4, 0.5) is 19.3 Å². The molecule has 1 unspecified atom stereocenters. The van der Waals surface area contributed by atoms with Crippen LogP contribution in [0.25, 0.3) is 0 Å². The highest BCUT2D eigenvalue weighted by Gasteiger charge is 2.31. The lowest BCUT2D eigenvalue weighted by molar-refractivity contribution is -0.00859. The summed E-state index contributed by atoms with van der Waals surface area (Å²) in [6.45, 7) is 9.70. The van der Waals surface area contributed by atoms with E-state index in [0.29, 0.717) is 18.7 Å². The fourth-order valence-corrected chi connectivity index (χ4v) is 3.65. The average molecular weight is 446 g/mol. The Labute approximate surface area is 187 Å². The van der Waals surface area contributed by atoms with Gasteiger partial charge in [-0.15, -0.1) is 0 Å². The average Bonchev–Trinajstić information content (AvgIpc) is 2.72. The Bertz CT molecular complexity index is 1020. The highest BCUT2D eigenvalue weighted by Crippen LogP contribution is 2.32. The smallest absolute Gasteiger partial charge is 0.410 e. The van der Waals surface area contributed by atoms with E-state index in [4.69, 9.17) is 4.74 Å². The molecular weight excluding hydrogens is 416 g/mol. The van der Waals surface area contributed by atoms with Crippen molar-refractivity contribution in [3.05, 3.63) is 58.9 Å². The predicted molar refractivity (Wildman–Crippen MR) is 118 cm³/mol. The quantitative estimate of drug-likeness (QED) is 0.656. The van der Waals surface area contributed by atoms with Gasteiger partial charge in [0.25, 0.3) is 11.8 Å². The minimum atomic E-state index is -3.01. The van der Waals surface area contributed by atoms with Crippen molar-refractivity contribution in [3.63, 3.8) is 0 Å². The van der Waals surface area contributed by atoms with E-state index in [2.05, 4.69) is 10.3 Å². The molecular formula is C24H29F2N3O3. The molecule has 2 aromatic rings. The number of pyridine rings is 1. The number of carbonyl (C=O) groups excluding carboxylic acids is 2. The van der Waals surface area contributed by atoms with Crippen LogP contribution in [-0.2, 0) is 17.2 Å². The van der Waals surface area contributed by atoms with Crippen LogP contribution in [0.2, 0.25) is 0 Å². The van der Waals surface area contributed by atoms with E-state index in [0.717, 1.165) is 17.3 Å². The fraction of sp³-hybridized carbons (Fsp3) is 0.458. The predicted octanol–water partition coefficient (Wildman–Crippen LogP) is 5.69. The molecule has 1 atom stereocenters. The Hall–Kier alpha value is -3.03. The van der Waals surface area contributed by atoms with E-state index in [9.17, 15) is 18.4 Å². The lowest BCUT2D eigenvalue weighted by atomic mass is 9.90. The van der Waals surface area contributed by atoms with Gasteiger partial charge >= 0.3 is 6.09 Å². The molecule has 0 fully saturated rings. The zero-order valence-electron chi connectivity index (χ0n) is 19.0. The molecule has 0 radical (unpaired) electrons. The number of benzene rings is 1. The number of amides is 2. The Morgan fingerprint density at radius 1 is 1.22 bits per heavy atom. The van der Waals surface area contributed by atoms with E-state index < -0.39 is 23.5 Å². The van der Waals surface area contributed by atoms with Crippen molar-refractivity contribution < 1.29 is 23.1 Å². The molecule has 2 heterocycles. The van der Waals surface area contributed by atoms with Crippen LogP contribution in [-0.4, -0.2) is 34.0 Å². The summed E-state index contributed by atoms with van der Waals surface area (Å²) >= 11 is 0. The molecule has 0 aliphatic carbocycles. The Morgan fingerprint density at radius 3 is 2.59 bits per heavy atom. The van der Waals surface area contributed by atoms with Crippen molar-refractivity contribution in [2.45, 2.75) is 65.0 Å². The van der Waals surface area contributed by atoms with E-state index in [1.165, 1.54) is 19.2 Å². The summed E-state index contributed by atoms with van der Waals surface area (Å²) in [7, 11) is 0. The zero-order valence-corrected chi connectivity index (χ0v) is 19.0. The van der Waals surface area contributed by atoms with Crippen molar-refractivity contribution in [2.75, 3.05) is 11.9 Å². The summed E-state index contributed by atoms with van der Waals surface area (Å²) in [6.07, 6.45) is 1.68. The van der Waals surface area contributed by atoms with Gasteiger partial charge in [-0.05, 0) is 56.0 Å². The lowest BCUT2D eigenvalue weighted by Crippen LogP contribution is -2.41. The van der Waals surface area contributed by atoms with Gasteiger partial charge in [-0.1, -0.05) is 19.9 Å². The third kappa shape index (κ3) is 5.41. The van der Waals surface area contributed by atoms with Crippen LogP contribution in [0.15, 0.2) is 36.7 Å². The van der Waals surface area contributed by atoms with Crippen LogP contribution in [0, 0.1) is 0 Å². The molecule has 8 heteroatoms. The minimum absolute atomic E-state index is 0.0838. The summed E-state index contributed by atoms with van der Waals surface area (Å²) in [6, 6.07) is 6.54. The Kier molecular flexibility index (Phi) is 6.53. The number of rotatable bonds is 4. The molecule has 0 spiro atoms. The second-order valence-corrected chi connectivity index (χ2v) is 9.15. The standard InChI is InChI=1S/C24H29F2N3O3/c1-6-24(25,26)18-10-19(12-27-11-18)28-21(30)16-7-8-20-15(2)13-29(14-17(20)9-16)22(31)32-23(3,4)5/h7-12,15H,6,13-14H2,1-5H3,(H,28,30). The molecule has 32 heavy (non-hydrogen) atoms. The van der Waals surface area contributed by atoms with Gasteiger partial charge in [0.2, 0.25) is 0 Å². The first kappa shape index (κ1) is 23.6. The number of ether oxygens (including phenoxy) is 1. The molecule has 172 valence electrons. The summed E-state index contributed by atoms with van der Waals surface area (Å²) in [5.74, 6) is -3.37. The first-order valence-electron chi connectivity index (χ1n) is 10.6. The van der Waals surface area contributed by atoms with Crippen molar-refractivity contribution in [3.8, 4) is 0 Å². The number of nitrogens with zero attached hydrogens (tertiary/aromatic N) is 2.